The quantitative estimate of drug-likeness (QED) is 0.371. The van der Waals surface area contributed by atoms with Crippen LogP contribution >= 0.6 is 0 Å². The number of allylic oxidation sites excluding steroid dienone is 4. The summed E-state index contributed by atoms with van der Waals surface area (Å²) in [4.78, 5) is 30.8. The first kappa shape index (κ1) is 25.5. The molecule has 7 nitrogen and oxygen atoms in total. The summed E-state index contributed by atoms with van der Waals surface area (Å²) in [6.07, 6.45) is 17.0. The van der Waals surface area contributed by atoms with E-state index >= 15 is 0 Å². The van der Waals surface area contributed by atoms with Crippen molar-refractivity contribution in [3.05, 3.63) is 77.1 Å². The molecule has 1 aromatic heterocycles. The Morgan fingerprint density at radius 1 is 1.25 bits per heavy atom. The van der Waals surface area contributed by atoms with Gasteiger partial charge >= 0.3 is 5.97 Å². The number of fused-ring (bicyclic) bond motifs is 1. The van der Waals surface area contributed by atoms with Gasteiger partial charge in [-0.05, 0) is 68.4 Å². The van der Waals surface area contributed by atoms with Crippen LogP contribution in [0.1, 0.15) is 67.1 Å². The highest BCUT2D eigenvalue weighted by Crippen LogP contribution is 2.33. The summed E-state index contributed by atoms with van der Waals surface area (Å²) in [5.74, 6) is 1.22. The molecule has 4 rings (SSSR count). The number of carboxylic acid groups (broad SMARTS) is 1. The lowest BCUT2D eigenvalue weighted by Crippen LogP contribution is -2.42. The number of aromatic nitrogens is 1. The maximum Gasteiger partial charge on any atom is 0.331 e. The van der Waals surface area contributed by atoms with Crippen LogP contribution in [-0.2, 0) is 22.4 Å². The van der Waals surface area contributed by atoms with E-state index in [9.17, 15) is 14.7 Å². The molecule has 1 saturated carbocycles. The first-order chi connectivity index (χ1) is 17.5. The lowest BCUT2D eigenvalue weighted by Gasteiger charge is -2.34. The average molecular weight is 491 g/mol. The molecule has 1 aliphatic carbocycles. The zero-order valence-corrected chi connectivity index (χ0v) is 21.0. The molecular weight excluding hydrogens is 456 g/mol. The van der Waals surface area contributed by atoms with Gasteiger partial charge in [0, 0.05) is 19.0 Å². The molecule has 7 heteroatoms. The van der Waals surface area contributed by atoms with Crippen LogP contribution in [0, 0.1) is 12.8 Å². The second kappa shape index (κ2) is 11.9. The number of aryl methyl sites for hydroxylation is 1. The standard InChI is InChI=1S/C29H34N2O5/c1-3-4-5-10-27(32)31-17-15-22-12-13-23(19-24(22)28(31)29(33)34)35-18-16-25-20(2)36-26(30-25)14-11-21-8-6-7-9-21/h3-5,10-14,19,21,28H,6-9,15-18H2,1-2H3,(H,33,34)/b4-3+,10-5+,14-11+. The van der Waals surface area contributed by atoms with Crippen molar-refractivity contribution in [3.8, 4) is 5.75 Å². The zero-order chi connectivity index (χ0) is 25.5. The van der Waals surface area contributed by atoms with E-state index in [1.807, 2.05) is 38.1 Å². The Kier molecular flexibility index (Phi) is 8.41. The minimum Gasteiger partial charge on any atom is -0.493 e. The molecule has 1 fully saturated rings. The molecule has 1 unspecified atom stereocenters. The molecule has 36 heavy (non-hydrogen) atoms. The summed E-state index contributed by atoms with van der Waals surface area (Å²) in [7, 11) is 0. The van der Waals surface area contributed by atoms with E-state index in [-0.39, 0.29) is 5.91 Å². The van der Waals surface area contributed by atoms with E-state index in [1.54, 1.807) is 18.2 Å². The van der Waals surface area contributed by atoms with Gasteiger partial charge in [-0.3, -0.25) is 4.79 Å². The Morgan fingerprint density at radius 2 is 2.06 bits per heavy atom. The fourth-order valence-corrected chi connectivity index (χ4v) is 4.92. The Bertz CT molecular complexity index is 1170. The van der Waals surface area contributed by atoms with Crippen LogP contribution in [0.25, 0.3) is 6.08 Å². The molecule has 0 bridgehead atoms. The summed E-state index contributed by atoms with van der Waals surface area (Å²) < 4.78 is 11.8. The van der Waals surface area contributed by atoms with Gasteiger partial charge in [0.25, 0.3) is 0 Å². The van der Waals surface area contributed by atoms with Gasteiger partial charge in [0.15, 0.2) is 6.04 Å². The minimum atomic E-state index is -1.06. The minimum absolute atomic E-state index is 0.322. The van der Waals surface area contributed by atoms with Crippen molar-refractivity contribution >= 4 is 18.0 Å². The SMILES string of the molecule is C/C=C/C=C/C(=O)N1CCc2ccc(OCCc3nc(/C=C/C4CCCC4)oc3C)cc2C1C(=O)O. The first-order valence-corrected chi connectivity index (χ1v) is 12.7. The third kappa shape index (κ3) is 6.14. The number of benzene rings is 1. The third-order valence-electron chi connectivity index (χ3n) is 6.83. The van der Waals surface area contributed by atoms with Gasteiger partial charge in [-0.25, -0.2) is 9.78 Å². The van der Waals surface area contributed by atoms with Crippen LogP contribution < -0.4 is 4.74 Å². The molecule has 2 aromatic rings. The number of hydrogen-bond donors (Lipinski definition) is 1. The van der Waals surface area contributed by atoms with E-state index in [0.717, 1.165) is 17.0 Å². The van der Waals surface area contributed by atoms with Crippen molar-refractivity contribution in [2.75, 3.05) is 13.2 Å². The third-order valence-corrected chi connectivity index (χ3v) is 6.83. The van der Waals surface area contributed by atoms with Crippen molar-refractivity contribution in [1.82, 2.24) is 9.88 Å². The maximum atomic E-state index is 12.7. The van der Waals surface area contributed by atoms with Crippen LogP contribution in [0.2, 0.25) is 0 Å². The molecule has 0 saturated heterocycles. The van der Waals surface area contributed by atoms with Gasteiger partial charge in [0.2, 0.25) is 11.8 Å². The maximum absolute atomic E-state index is 12.7. The molecule has 2 heterocycles. The number of aliphatic carboxylic acids is 1. The van der Waals surface area contributed by atoms with Crippen molar-refractivity contribution in [2.45, 2.75) is 58.4 Å². The number of hydrogen-bond acceptors (Lipinski definition) is 5. The van der Waals surface area contributed by atoms with Crippen molar-refractivity contribution in [2.24, 2.45) is 5.92 Å². The molecule has 1 N–H and O–H groups in total. The lowest BCUT2D eigenvalue weighted by atomic mass is 9.92. The smallest absolute Gasteiger partial charge is 0.331 e. The molecule has 190 valence electrons. The fraction of sp³-hybridized carbons (Fsp3) is 0.414. The number of nitrogens with zero attached hydrogens (tertiary/aromatic N) is 2. The summed E-state index contributed by atoms with van der Waals surface area (Å²) >= 11 is 0. The number of carboxylic acids is 1. The molecular formula is C29H34N2O5. The molecule has 1 aromatic carbocycles. The van der Waals surface area contributed by atoms with Crippen molar-refractivity contribution in [1.29, 1.82) is 0 Å². The van der Waals surface area contributed by atoms with Crippen LogP contribution in [0.5, 0.6) is 5.75 Å². The summed E-state index contributed by atoms with van der Waals surface area (Å²) in [6, 6.07) is 4.44. The molecule has 0 radical (unpaired) electrons. The van der Waals surface area contributed by atoms with E-state index in [0.29, 0.717) is 49.1 Å². The monoisotopic (exact) mass is 490 g/mol. The molecule has 1 aliphatic heterocycles. The lowest BCUT2D eigenvalue weighted by molar-refractivity contribution is -0.149. The second-order valence-electron chi connectivity index (χ2n) is 9.33. The second-order valence-corrected chi connectivity index (χ2v) is 9.33. The fourth-order valence-electron chi connectivity index (χ4n) is 4.92. The van der Waals surface area contributed by atoms with Gasteiger partial charge in [-0.15, -0.1) is 0 Å². The van der Waals surface area contributed by atoms with Gasteiger partial charge < -0.3 is 19.2 Å². The molecule has 1 atom stereocenters. The predicted octanol–water partition coefficient (Wildman–Crippen LogP) is 5.45. The number of amides is 1. The van der Waals surface area contributed by atoms with E-state index in [2.05, 4.69) is 11.1 Å². The number of rotatable bonds is 9. The summed E-state index contributed by atoms with van der Waals surface area (Å²) in [6.45, 7) is 4.49. The normalized spacial score (nSPS) is 18.5. The number of oxazole rings is 1. The van der Waals surface area contributed by atoms with Gasteiger partial charge in [0.05, 0.1) is 12.3 Å². The van der Waals surface area contributed by atoms with Crippen LogP contribution in [0.15, 0.2) is 53.0 Å². The van der Waals surface area contributed by atoms with Crippen molar-refractivity contribution in [3.63, 3.8) is 0 Å². The highest BCUT2D eigenvalue weighted by molar-refractivity contribution is 5.92. The number of carbonyl (C=O) groups excluding carboxylic acids is 1. The summed E-state index contributed by atoms with van der Waals surface area (Å²) in [5, 5.41) is 9.94. The van der Waals surface area contributed by atoms with Gasteiger partial charge in [0.1, 0.15) is 11.5 Å². The van der Waals surface area contributed by atoms with Crippen LogP contribution in [0.4, 0.5) is 0 Å². The molecule has 2 aliphatic rings. The molecule has 1 amide bonds. The number of carbonyl (C=O) groups is 2. The van der Waals surface area contributed by atoms with E-state index in [4.69, 9.17) is 9.15 Å². The topological polar surface area (TPSA) is 92.9 Å². The van der Waals surface area contributed by atoms with Gasteiger partial charge in [-0.2, -0.15) is 0 Å². The Hall–Kier alpha value is -3.61. The van der Waals surface area contributed by atoms with Crippen LogP contribution in [-0.4, -0.2) is 40.0 Å². The Balaban J connectivity index is 1.41. The summed E-state index contributed by atoms with van der Waals surface area (Å²) in [5.41, 5.74) is 2.37. The van der Waals surface area contributed by atoms with Crippen LogP contribution in [0.3, 0.4) is 0 Å². The Labute approximate surface area is 212 Å². The predicted molar refractivity (Wildman–Crippen MR) is 138 cm³/mol. The largest absolute Gasteiger partial charge is 0.493 e. The number of ether oxygens (including phenoxy) is 1. The van der Waals surface area contributed by atoms with E-state index in [1.165, 1.54) is 36.7 Å². The highest BCUT2D eigenvalue weighted by atomic mass is 16.5. The zero-order valence-electron chi connectivity index (χ0n) is 21.0. The molecule has 0 spiro atoms. The average Bonchev–Trinajstić information content (AvgIpc) is 3.51. The van der Waals surface area contributed by atoms with Gasteiger partial charge in [-0.1, -0.05) is 43.2 Å². The van der Waals surface area contributed by atoms with Crippen molar-refractivity contribution < 1.29 is 23.8 Å². The van der Waals surface area contributed by atoms with E-state index < -0.39 is 12.0 Å². The first-order valence-electron chi connectivity index (χ1n) is 12.7. The Morgan fingerprint density at radius 3 is 2.81 bits per heavy atom. The highest BCUT2D eigenvalue weighted by Gasteiger charge is 2.35.